The highest BCUT2D eigenvalue weighted by Gasteiger charge is 2.35. The molecular weight excluding hydrogens is 297 g/mol. The number of hydrogen-bond acceptors (Lipinski definition) is 3. The summed E-state index contributed by atoms with van der Waals surface area (Å²) in [4.78, 5) is 6.81. The van der Waals surface area contributed by atoms with E-state index in [0.717, 1.165) is 27.4 Å². The van der Waals surface area contributed by atoms with Gasteiger partial charge in [-0.05, 0) is 57.2 Å². The average molecular weight is 318 g/mol. The molecular formula is C19H21BN3O+. The molecule has 120 valence electrons. The maximum atomic E-state index is 6.14. The van der Waals surface area contributed by atoms with Crippen molar-refractivity contribution in [1.29, 1.82) is 0 Å². The molecule has 3 aromatic rings. The topological polar surface area (TPSA) is 33.2 Å². The Bertz CT molecular complexity index is 1080. The molecule has 1 aliphatic rings. The van der Waals surface area contributed by atoms with Crippen LogP contribution in [0.15, 0.2) is 34.9 Å². The van der Waals surface area contributed by atoms with E-state index < -0.39 is 0 Å². The van der Waals surface area contributed by atoms with Crippen molar-refractivity contribution in [2.24, 2.45) is 7.05 Å². The fourth-order valence-corrected chi connectivity index (χ4v) is 3.62. The normalized spacial score (nSPS) is 14.1. The lowest BCUT2D eigenvalue weighted by atomic mass is 9.50. The number of aryl methyl sites for hydroxylation is 3. The van der Waals surface area contributed by atoms with Gasteiger partial charge in [-0.1, -0.05) is 0 Å². The summed E-state index contributed by atoms with van der Waals surface area (Å²) in [6, 6.07) is 8.51. The van der Waals surface area contributed by atoms with Gasteiger partial charge in [0, 0.05) is 28.4 Å². The van der Waals surface area contributed by atoms with Gasteiger partial charge in [0.2, 0.25) is 5.71 Å². The second-order valence-corrected chi connectivity index (χ2v) is 6.77. The van der Waals surface area contributed by atoms with E-state index in [2.05, 4.69) is 72.9 Å². The Morgan fingerprint density at radius 2 is 1.96 bits per heavy atom. The summed E-state index contributed by atoms with van der Waals surface area (Å²) in [6.07, 6.45) is 4.29. The Hall–Kier alpha value is -2.56. The van der Waals surface area contributed by atoms with Crippen molar-refractivity contribution in [3.8, 4) is 0 Å². The molecule has 4 rings (SSSR count). The van der Waals surface area contributed by atoms with E-state index in [9.17, 15) is 0 Å². The van der Waals surface area contributed by atoms with Crippen LogP contribution in [0.25, 0.3) is 22.8 Å². The number of aromatic nitrogens is 2. The van der Waals surface area contributed by atoms with Crippen molar-refractivity contribution in [3.63, 3.8) is 0 Å². The van der Waals surface area contributed by atoms with E-state index in [1.165, 1.54) is 16.6 Å². The molecule has 0 radical (unpaired) electrons. The highest BCUT2D eigenvalue weighted by Crippen LogP contribution is 2.12. The minimum atomic E-state index is 0.157. The van der Waals surface area contributed by atoms with Crippen LogP contribution < -0.4 is 20.8 Å². The van der Waals surface area contributed by atoms with Crippen molar-refractivity contribution in [2.75, 3.05) is 7.05 Å². The predicted octanol–water partition coefficient (Wildman–Crippen LogP) is 0.561. The van der Waals surface area contributed by atoms with E-state index >= 15 is 0 Å². The fourth-order valence-electron chi connectivity index (χ4n) is 3.62. The predicted molar refractivity (Wildman–Crippen MR) is 97.0 cm³/mol. The fraction of sp³-hybridized carbons (Fsp3) is 0.263. The van der Waals surface area contributed by atoms with Crippen LogP contribution in [0.3, 0.4) is 0 Å². The molecule has 4 nitrogen and oxygen atoms in total. The van der Waals surface area contributed by atoms with E-state index in [-0.39, 0.29) is 6.85 Å². The third-order valence-corrected chi connectivity index (χ3v) is 4.87. The molecule has 0 saturated carbocycles. The van der Waals surface area contributed by atoms with Gasteiger partial charge >= 0.3 is 6.85 Å². The van der Waals surface area contributed by atoms with Crippen LogP contribution in [0.2, 0.25) is 0 Å². The van der Waals surface area contributed by atoms with Gasteiger partial charge < -0.3 is 9.23 Å². The molecule has 0 N–H and O–H groups in total. The van der Waals surface area contributed by atoms with Crippen molar-refractivity contribution in [1.82, 2.24) is 9.79 Å². The third kappa shape index (κ3) is 2.15. The van der Waals surface area contributed by atoms with Gasteiger partial charge in [0.1, 0.15) is 12.5 Å². The molecule has 0 atom stereocenters. The first kappa shape index (κ1) is 15.0. The second-order valence-electron chi connectivity index (χ2n) is 6.77. The van der Waals surface area contributed by atoms with Gasteiger partial charge in [-0.25, -0.2) is 9.55 Å². The van der Waals surface area contributed by atoms with Gasteiger partial charge in [-0.2, -0.15) is 0 Å². The lowest BCUT2D eigenvalue weighted by Gasteiger charge is -2.24. The monoisotopic (exact) mass is 318 g/mol. The van der Waals surface area contributed by atoms with Crippen LogP contribution in [0.1, 0.15) is 18.2 Å². The summed E-state index contributed by atoms with van der Waals surface area (Å²) in [5.41, 5.74) is 6.37. The van der Waals surface area contributed by atoms with Gasteiger partial charge in [0.15, 0.2) is 11.8 Å². The zero-order chi connectivity index (χ0) is 17.0. The van der Waals surface area contributed by atoms with E-state index in [1.807, 2.05) is 13.0 Å². The van der Waals surface area contributed by atoms with Crippen LogP contribution in [0, 0.1) is 13.8 Å². The third-order valence-electron chi connectivity index (χ3n) is 4.87. The number of pyridine rings is 2. The second kappa shape index (κ2) is 5.23. The lowest BCUT2D eigenvalue weighted by Crippen LogP contribution is -2.62. The maximum Gasteiger partial charge on any atom is 0.402 e. The molecule has 0 bridgehead atoms. The summed E-state index contributed by atoms with van der Waals surface area (Å²) in [6.45, 7) is 6.43. The number of hydrogen-bond donors (Lipinski definition) is 0. The lowest BCUT2D eigenvalue weighted by molar-refractivity contribution is -0.654. The first-order valence-corrected chi connectivity index (χ1v) is 8.22. The number of rotatable bonds is 1. The Morgan fingerprint density at radius 1 is 1.17 bits per heavy atom. The average Bonchev–Trinajstić information content (AvgIpc) is 2.88. The van der Waals surface area contributed by atoms with Crippen LogP contribution >= 0.6 is 0 Å². The highest BCUT2D eigenvalue weighted by atomic mass is 16.3. The van der Waals surface area contributed by atoms with Crippen molar-refractivity contribution in [3.05, 3.63) is 52.4 Å². The zero-order valence-corrected chi connectivity index (χ0v) is 14.8. The molecule has 3 aromatic heterocycles. The number of furan rings is 1. The van der Waals surface area contributed by atoms with Gasteiger partial charge in [-0.3, -0.25) is 0 Å². The maximum absolute atomic E-state index is 6.14. The summed E-state index contributed by atoms with van der Waals surface area (Å²) in [5, 5.41) is 2.21. The number of nitrogens with zero attached hydrogens (tertiary/aromatic N) is 3. The summed E-state index contributed by atoms with van der Waals surface area (Å²) >= 11 is 0. The van der Waals surface area contributed by atoms with E-state index in [1.54, 1.807) is 0 Å². The summed E-state index contributed by atoms with van der Waals surface area (Å²) in [7, 11) is 4.22. The molecule has 1 aliphatic heterocycles. The van der Waals surface area contributed by atoms with Gasteiger partial charge in [0.05, 0.1) is 0 Å². The quantitative estimate of drug-likeness (QED) is 0.486. The molecule has 0 aromatic carbocycles. The Labute approximate surface area is 141 Å². The minimum absolute atomic E-state index is 0.157. The first-order valence-electron chi connectivity index (χ1n) is 8.22. The number of fused-ring (bicyclic) bond motifs is 3. The van der Waals surface area contributed by atoms with E-state index in [4.69, 9.17) is 4.42 Å². The van der Waals surface area contributed by atoms with Crippen LogP contribution in [-0.4, -0.2) is 23.7 Å². The zero-order valence-electron chi connectivity index (χ0n) is 14.8. The van der Waals surface area contributed by atoms with Crippen LogP contribution in [-0.2, 0) is 7.05 Å². The van der Waals surface area contributed by atoms with Crippen LogP contribution in [0.5, 0.6) is 0 Å². The molecule has 0 unspecified atom stereocenters. The molecule has 4 heterocycles. The molecule has 24 heavy (non-hydrogen) atoms. The first-order chi connectivity index (χ1) is 11.5. The molecule has 5 heteroatoms. The smallest absolute Gasteiger partial charge is 0.402 e. The molecule has 0 fully saturated rings. The standard InChI is InChI=1S/C19H21BN3O/c1-12-8-9-22(4)17(10-12)20-14(3)18-16(11-23(20)5)15-7-6-13(2)21-19(15)24-18/h6-11H,1-5H3/q+1. The molecule has 0 aliphatic carbocycles. The Morgan fingerprint density at radius 3 is 2.75 bits per heavy atom. The van der Waals surface area contributed by atoms with Crippen molar-refractivity contribution < 1.29 is 8.98 Å². The SMILES string of the molecule is CC1=c2oc3nc(C)ccc3c2=CN(C)B1c1cc(C)cc[n+]1C. The molecule has 0 saturated heterocycles. The van der Waals surface area contributed by atoms with Crippen LogP contribution in [0.4, 0.5) is 0 Å². The largest absolute Gasteiger partial charge is 0.438 e. The summed E-state index contributed by atoms with van der Waals surface area (Å²) < 4.78 is 8.32. The Kier molecular flexibility index (Phi) is 3.27. The van der Waals surface area contributed by atoms with Crippen molar-refractivity contribution in [2.45, 2.75) is 20.8 Å². The molecule has 0 spiro atoms. The minimum Gasteiger partial charge on any atom is -0.438 e. The van der Waals surface area contributed by atoms with Gasteiger partial charge in [0.25, 0.3) is 0 Å². The highest BCUT2D eigenvalue weighted by molar-refractivity contribution is 6.85. The summed E-state index contributed by atoms with van der Waals surface area (Å²) in [5.74, 6) is 0. The molecule has 0 amide bonds. The Balaban J connectivity index is 2.02. The van der Waals surface area contributed by atoms with Gasteiger partial charge in [-0.15, -0.1) is 0 Å². The van der Waals surface area contributed by atoms with E-state index in [0.29, 0.717) is 0 Å². The van der Waals surface area contributed by atoms with Crippen molar-refractivity contribution >= 4 is 35.2 Å².